The van der Waals surface area contributed by atoms with Crippen LogP contribution in [-0.2, 0) is 32.6 Å². The van der Waals surface area contributed by atoms with Gasteiger partial charge in [0.05, 0.1) is 10.6 Å². The lowest BCUT2D eigenvalue weighted by Gasteiger charge is -2.34. The molecule has 1 N–H and O–H groups in total. The summed E-state index contributed by atoms with van der Waals surface area (Å²) in [7, 11) is -4.20. The van der Waals surface area contributed by atoms with E-state index in [9.17, 15) is 18.0 Å². The number of hydrogen-bond donors (Lipinski definition) is 1. The SMILES string of the molecule is Cc1ccc(S(=O)(=O)N(CC(=O)N(Cc2cccc(Br)c2)C(Cc2ccccc2)C(=O)NCC(C)C)c2cccc(Cl)c2)cc1. The van der Waals surface area contributed by atoms with Gasteiger partial charge in [-0.05, 0) is 66.4 Å². The molecule has 0 bridgehead atoms. The zero-order chi connectivity index (χ0) is 32.6. The molecule has 4 aromatic rings. The van der Waals surface area contributed by atoms with Crippen LogP contribution in [-0.4, -0.2) is 44.3 Å². The van der Waals surface area contributed by atoms with Gasteiger partial charge in [-0.3, -0.25) is 13.9 Å². The molecule has 0 aliphatic rings. The van der Waals surface area contributed by atoms with Gasteiger partial charge in [0.25, 0.3) is 10.0 Å². The van der Waals surface area contributed by atoms with Crippen molar-refractivity contribution in [3.05, 3.63) is 129 Å². The predicted molar refractivity (Wildman–Crippen MR) is 184 cm³/mol. The molecule has 2 amide bonds. The lowest BCUT2D eigenvalue weighted by Crippen LogP contribution is -2.53. The Morgan fingerprint density at radius 2 is 1.53 bits per heavy atom. The number of aryl methyl sites for hydroxylation is 1. The third kappa shape index (κ3) is 9.42. The summed E-state index contributed by atoms with van der Waals surface area (Å²) in [5.74, 6) is -0.656. The van der Waals surface area contributed by atoms with Gasteiger partial charge < -0.3 is 10.2 Å². The van der Waals surface area contributed by atoms with E-state index in [-0.39, 0.29) is 35.4 Å². The summed E-state index contributed by atoms with van der Waals surface area (Å²) in [5.41, 5.74) is 2.79. The number of carbonyl (C=O) groups is 2. The maximum Gasteiger partial charge on any atom is 0.264 e. The van der Waals surface area contributed by atoms with E-state index in [4.69, 9.17) is 11.6 Å². The first-order valence-electron chi connectivity index (χ1n) is 14.6. The average molecular weight is 711 g/mol. The number of halogens is 2. The molecule has 7 nitrogen and oxygen atoms in total. The Morgan fingerprint density at radius 1 is 0.867 bits per heavy atom. The number of sulfonamides is 1. The second-order valence-corrected chi connectivity index (χ2v) is 14.5. The fourth-order valence-corrected chi connectivity index (χ4v) is 6.84. The molecule has 0 heterocycles. The van der Waals surface area contributed by atoms with E-state index in [0.717, 1.165) is 25.5 Å². The van der Waals surface area contributed by atoms with Gasteiger partial charge in [-0.2, -0.15) is 0 Å². The molecular formula is C35H37BrClN3O4S. The van der Waals surface area contributed by atoms with E-state index >= 15 is 0 Å². The van der Waals surface area contributed by atoms with Gasteiger partial charge in [0.2, 0.25) is 11.8 Å². The summed E-state index contributed by atoms with van der Waals surface area (Å²) in [5, 5.41) is 3.32. The molecule has 0 spiro atoms. The molecule has 0 saturated heterocycles. The minimum atomic E-state index is -4.20. The summed E-state index contributed by atoms with van der Waals surface area (Å²) >= 11 is 9.80. The van der Waals surface area contributed by atoms with Crippen LogP contribution in [0.25, 0.3) is 0 Å². The van der Waals surface area contributed by atoms with Crippen LogP contribution in [0.5, 0.6) is 0 Å². The molecule has 1 unspecified atom stereocenters. The van der Waals surface area contributed by atoms with Crippen molar-refractivity contribution in [3.8, 4) is 0 Å². The fraction of sp³-hybridized carbons (Fsp3) is 0.257. The number of benzene rings is 4. The largest absolute Gasteiger partial charge is 0.354 e. The monoisotopic (exact) mass is 709 g/mol. The second-order valence-electron chi connectivity index (χ2n) is 11.3. The minimum Gasteiger partial charge on any atom is -0.354 e. The zero-order valence-corrected chi connectivity index (χ0v) is 28.6. The molecule has 0 aliphatic heterocycles. The van der Waals surface area contributed by atoms with Crippen molar-refractivity contribution in [2.75, 3.05) is 17.4 Å². The summed E-state index contributed by atoms with van der Waals surface area (Å²) in [4.78, 5) is 29.9. The van der Waals surface area contributed by atoms with Crippen molar-refractivity contribution in [3.63, 3.8) is 0 Å². The first-order chi connectivity index (χ1) is 21.4. The molecule has 0 aliphatic carbocycles. The summed E-state index contributed by atoms with van der Waals surface area (Å²) in [6, 6.07) is 28.9. The number of rotatable bonds is 13. The van der Waals surface area contributed by atoms with Crippen molar-refractivity contribution < 1.29 is 18.0 Å². The highest BCUT2D eigenvalue weighted by molar-refractivity contribution is 9.10. The van der Waals surface area contributed by atoms with Gasteiger partial charge in [0, 0.05) is 29.0 Å². The Hall–Kier alpha value is -3.66. The van der Waals surface area contributed by atoms with Gasteiger partial charge >= 0.3 is 0 Å². The molecular weight excluding hydrogens is 674 g/mol. The first kappa shape index (κ1) is 34.2. The van der Waals surface area contributed by atoms with Crippen LogP contribution < -0.4 is 9.62 Å². The maximum absolute atomic E-state index is 14.5. The molecule has 0 saturated carbocycles. The normalized spacial score (nSPS) is 12.0. The summed E-state index contributed by atoms with van der Waals surface area (Å²) in [6.07, 6.45) is 0.242. The molecule has 45 heavy (non-hydrogen) atoms. The number of amides is 2. The molecule has 0 aromatic heterocycles. The first-order valence-corrected chi connectivity index (χ1v) is 17.3. The summed E-state index contributed by atoms with van der Waals surface area (Å²) in [6.45, 7) is 5.82. The molecule has 10 heteroatoms. The fourth-order valence-electron chi connectivity index (χ4n) is 4.81. The third-order valence-electron chi connectivity index (χ3n) is 7.18. The quantitative estimate of drug-likeness (QED) is 0.162. The van der Waals surface area contributed by atoms with Crippen LogP contribution in [0.15, 0.2) is 112 Å². The predicted octanol–water partition coefficient (Wildman–Crippen LogP) is 7.02. The third-order valence-corrected chi connectivity index (χ3v) is 9.70. The Labute approximate surface area is 279 Å². The highest BCUT2D eigenvalue weighted by Crippen LogP contribution is 2.27. The molecule has 0 fully saturated rings. The van der Waals surface area contributed by atoms with Crippen LogP contribution in [0.1, 0.15) is 30.5 Å². The number of anilines is 1. The minimum absolute atomic E-state index is 0.0370. The molecule has 4 rings (SSSR count). The van der Waals surface area contributed by atoms with Gasteiger partial charge in [0.1, 0.15) is 12.6 Å². The molecule has 4 aromatic carbocycles. The van der Waals surface area contributed by atoms with Gasteiger partial charge in [-0.1, -0.05) is 108 Å². The molecule has 1 atom stereocenters. The Morgan fingerprint density at radius 3 is 2.18 bits per heavy atom. The van der Waals surface area contributed by atoms with Gasteiger partial charge in [-0.15, -0.1) is 0 Å². The van der Waals surface area contributed by atoms with Crippen LogP contribution in [0.3, 0.4) is 0 Å². The molecule has 236 valence electrons. The van der Waals surface area contributed by atoms with Gasteiger partial charge in [-0.25, -0.2) is 8.42 Å². The second kappa shape index (κ2) is 15.6. The van der Waals surface area contributed by atoms with E-state index in [1.807, 2.05) is 75.4 Å². The van der Waals surface area contributed by atoms with Crippen molar-refractivity contribution >= 4 is 55.1 Å². The number of carbonyl (C=O) groups excluding carboxylic acids is 2. The van der Waals surface area contributed by atoms with E-state index in [1.165, 1.54) is 23.1 Å². The smallest absolute Gasteiger partial charge is 0.264 e. The number of hydrogen-bond acceptors (Lipinski definition) is 4. The van der Waals surface area contributed by atoms with E-state index in [0.29, 0.717) is 11.6 Å². The Balaban J connectivity index is 1.80. The van der Waals surface area contributed by atoms with E-state index in [1.54, 1.807) is 30.3 Å². The lowest BCUT2D eigenvalue weighted by molar-refractivity contribution is -0.140. The lowest BCUT2D eigenvalue weighted by atomic mass is 10.0. The topological polar surface area (TPSA) is 86.8 Å². The van der Waals surface area contributed by atoms with Crippen LogP contribution >= 0.6 is 27.5 Å². The zero-order valence-electron chi connectivity index (χ0n) is 25.5. The molecule has 0 radical (unpaired) electrons. The number of nitrogens with zero attached hydrogens (tertiary/aromatic N) is 2. The van der Waals surface area contributed by atoms with Crippen molar-refractivity contribution in [1.29, 1.82) is 0 Å². The maximum atomic E-state index is 14.5. The van der Waals surface area contributed by atoms with Crippen molar-refractivity contribution in [2.45, 2.75) is 44.7 Å². The Kier molecular flexibility index (Phi) is 11.8. The Bertz CT molecular complexity index is 1720. The van der Waals surface area contributed by atoms with Crippen LogP contribution in [0.4, 0.5) is 5.69 Å². The van der Waals surface area contributed by atoms with E-state index < -0.39 is 28.5 Å². The number of nitrogens with one attached hydrogen (secondary N) is 1. The summed E-state index contributed by atoms with van der Waals surface area (Å²) < 4.78 is 30.1. The van der Waals surface area contributed by atoms with Crippen molar-refractivity contribution in [2.24, 2.45) is 5.92 Å². The van der Waals surface area contributed by atoms with E-state index in [2.05, 4.69) is 21.2 Å². The van der Waals surface area contributed by atoms with Gasteiger partial charge in [0.15, 0.2) is 0 Å². The highest BCUT2D eigenvalue weighted by Gasteiger charge is 2.34. The van der Waals surface area contributed by atoms with Crippen molar-refractivity contribution in [1.82, 2.24) is 10.2 Å². The standard InChI is InChI=1S/C35H37BrClN3O4S/c1-25(2)22-38-35(42)33(20-27-9-5-4-6-10-27)39(23-28-11-7-12-29(36)19-28)34(41)24-40(31-14-8-13-30(37)21-31)45(43,44)32-17-15-26(3)16-18-32/h4-19,21,25,33H,20,22-24H2,1-3H3,(H,38,42). The van der Waals surface area contributed by atoms with Crippen LogP contribution in [0.2, 0.25) is 5.02 Å². The van der Waals surface area contributed by atoms with Crippen LogP contribution in [0, 0.1) is 12.8 Å². The highest BCUT2D eigenvalue weighted by atomic mass is 79.9. The average Bonchev–Trinajstić information content (AvgIpc) is 3.01.